The number of hydrogen-bond donors (Lipinski definition) is 1. The van der Waals surface area contributed by atoms with Crippen LogP contribution in [0, 0.1) is 0 Å². The first-order valence-electron chi connectivity index (χ1n) is 5.12. The maximum Gasteiger partial charge on any atom is 0.379 e. The molecule has 0 aliphatic rings. The standard InChI is InChI=1S/C11H16O5/c1-4-6-9(7(3)10(13)14)16-11(15)8(12)5-2/h4-6H2,1-3H3,(H,13,14). The largest absolute Gasteiger partial charge is 0.478 e. The molecule has 0 unspecified atom stereocenters. The third-order valence-electron chi connectivity index (χ3n) is 1.98. The molecular weight excluding hydrogens is 212 g/mol. The highest BCUT2D eigenvalue weighted by Gasteiger charge is 2.18. The molecule has 0 saturated heterocycles. The van der Waals surface area contributed by atoms with Gasteiger partial charge in [0.15, 0.2) is 0 Å². The molecule has 0 heterocycles. The fourth-order valence-corrected chi connectivity index (χ4v) is 0.975. The van der Waals surface area contributed by atoms with Crippen LogP contribution in [0.15, 0.2) is 11.3 Å². The summed E-state index contributed by atoms with van der Waals surface area (Å²) in [6, 6.07) is 0. The first-order valence-corrected chi connectivity index (χ1v) is 5.12. The first kappa shape index (κ1) is 14.3. The van der Waals surface area contributed by atoms with Gasteiger partial charge in [-0.3, -0.25) is 4.79 Å². The van der Waals surface area contributed by atoms with E-state index in [-0.39, 0.29) is 17.8 Å². The van der Waals surface area contributed by atoms with Crippen molar-refractivity contribution in [3.8, 4) is 0 Å². The van der Waals surface area contributed by atoms with E-state index in [1.165, 1.54) is 13.8 Å². The summed E-state index contributed by atoms with van der Waals surface area (Å²) in [5.74, 6) is -2.75. The summed E-state index contributed by atoms with van der Waals surface area (Å²) in [6.45, 7) is 4.71. The Hall–Kier alpha value is -1.65. The Morgan fingerprint density at radius 3 is 2.12 bits per heavy atom. The average molecular weight is 228 g/mol. The zero-order chi connectivity index (χ0) is 12.7. The average Bonchev–Trinajstić information content (AvgIpc) is 2.25. The van der Waals surface area contributed by atoms with Crippen molar-refractivity contribution in [2.24, 2.45) is 0 Å². The molecule has 0 aromatic carbocycles. The third kappa shape index (κ3) is 4.25. The van der Waals surface area contributed by atoms with Gasteiger partial charge in [-0.1, -0.05) is 13.8 Å². The smallest absolute Gasteiger partial charge is 0.379 e. The normalized spacial score (nSPS) is 11.7. The molecule has 0 rings (SSSR count). The van der Waals surface area contributed by atoms with E-state index in [0.29, 0.717) is 12.8 Å². The summed E-state index contributed by atoms with van der Waals surface area (Å²) in [5.41, 5.74) is -0.0425. The summed E-state index contributed by atoms with van der Waals surface area (Å²) < 4.78 is 4.78. The Kier molecular flexibility index (Phi) is 6.07. The second kappa shape index (κ2) is 6.76. The lowest BCUT2D eigenvalue weighted by Gasteiger charge is -2.08. The van der Waals surface area contributed by atoms with Crippen LogP contribution < -0.4 is 0 Å². The van der Waals surface area contributed by atoms with Crippen LogP contribution in [0.1, 0.15) is 40.0 Å². The summed E-state index contributed by atoms with van der Waals surface area (Å²) in [7, 11) is 0. The molecule has 0 spiro atoms. The number of carboxylic acids is 1. The topological polar surface area (TPSA) is 80.7 Å². The second-order valence-corrected chi connectivity index (χ2v) is 3.27. The molecule has 0 aromatic rings. The van der Waals surface area contributed by atoms with Gasteiger partial charge in [-0.25, -0.2) is 9.59 Å². The molecule has 0 aliphatic heterocycles. The van der Waals surface area contributed by atoms with Gasteiger partial charge in [0.05, 0.1) is 5.57 Å². The van der Waals surface area contributed by atoms with E-state index in [2.05, 4.69) is 0 Å². The summed E-state index contributed by atoms with van der Waals surface area (Å²) in [6.07, 6.45) is 0.999. The van der Waals surface area contributed by atoms with Crippen LogP contribution in [0.3, 0.4) is 0 Å². The molecule has 5 heteroatoms. The van der Waals surface area contributed by atoms with Crippen molar-refractivity contribution in [2.45, 2.75) is 40.0 Å². The number of carboxylic acid groups (broad SMARTS) is 1. The summed E-state index contributed by atoms with van der Waals surface area (Å²) in [4.78, 5) is 32.9. The number of carbonyl (C=O) groups excluding carboxylic acids is 2. The first-order chi connectivity index (χ1) is 7.43. The van der Waals surface area contributed by atoms with Crippen molar-refractivity contribution < 1.29 is 24.2 Å². The van der Waals surface area contributed by atoms with Crippen LogP contribution in [0.4, 0.5) is 0 Å². The van der Waals surface area contributed by atoms with Gasteiger partial charge in [-0.05, 0) is 13.3 Å². The molecule has 5 nitrogen and oxygen atoms in total. The number of rotatable bonds is 6. The highest BCUT2D eigenvalue weighted by molar-refractivity contribution is 6.33. The molecule has 0 bridgehead atoms. The number of carbonyl (C=O) groups is 3. The van der Waals surface area contributed by atoms with Crippen LogP contribution in [-0.4, -0.2) is 22.8 Å². The van der Waals surface area contributed by atoms with Gasteiger partial charge in [0, 0.05) is 12.8 Å². The van der Waals surface area contributed by atoms with E-state index >= 15 is 0 Å². The Morgan fingerprint density at radius 2 is 1.75 bits per heavy atom. The monoisotopic (exact) mass is 228 g/mol. The van der Waals surface area contributed by atoms with Gasteiger partial charge in [0.2, 0.25) is 5.78 Å². The lowest BCUT2D eigenvalue weighted by molar-refractivity contribution is -0.151. The van der Waals surface area contributed by atoms with E-state index in [9.17, 15) is 14.4 Å². The number of allylic oxidation sites excluding steroid dienone is 1. The number of Topliss-reactive ketones (excluding diaryl/α,β-unsaturated/α-hetero) is 1. The molecular formula is C11H16O5. The molecule has 0 saturated carbocycles. The Bertz CT molecular complexity index is 327. The zero-order valence-electron chi connectivity index (χ0n) is 9.70. The zero-order valence-corrected chi connectivity index (χ0v) is 9.70. The van der Waals surface area contributed by atoms with Crippen LogP contribution >= 0.6 is 0 Å². The van der Waals surface area contributed by atoms with Gasteiger partial charge >= 0.3 is 11.9 Å². The van der Waals surface area contributed by atoms with Crippen molar-refractivity contribution in [3.63, 3.8) is 0 Å². The molecule has 0 atom stereocenters. The molecule has 0 fully saturated rings. The molecule has 0 amide bonds. The molecule has 16 heavy (non-hydrogen) atoms. The number of ketones is 1. The van der Waals surface area contributed by atoms with Crippen molar-refractivity contribution in [1.82, 2.24) is 0 Å². The lowest BCUT2D eigenvalue weighted by atomic mass is 10.2. The van der Waals surface area contributed by atoms with Crippen LogP contribution in [0.25, 0.3) is 0 Å². The van der Waals surface area contributed by atoms with Crippen molar-refractivity contribution >= 4 is 17.7 Å². The highest BCUT2D eigenvalue weighted by Crippen LogP contribution is 2.13. The van der Waals surface area contributed by atoms with Crippen LogP contribution in [0.5, 0.6) is 0 Å². The predicted molar refractivity (Wildman–Crippen MR) is 56.6 cm³/mol. The van der Waals surface area contributed by atoms with Gasteiger partial charge in [-0.15, -0.1) is 0 Å². The SMILES string of the molecule is CCCC(OC(=O)C(=O)CC)=C(C)C(=O)O. The quantitative estimate of drug-likeness (QED) is 0.323. The lowest BCUT2D eigenvalue weighted by Crippen LogP contribution is -2.17. The van der Waals surface area contributed by atoms with Gasteiger partial charge in [0.25, 0.3) is 0 Å². The fraction of sp³-hybridized carbons (Fsp3) is 0.545. The minimum atomic E-state index is -1.15. The number of aliphatic carboxylic acids is 1. The minimum Gasteiger partial charge on any atom is -0.478 e. The summed E-state index contributed by atoms with van der Waals surface area (Å²) >= 11 is 0. The fourth-order valence-electron chi connectivity index (χ4n) is 0.975. The Labute approximate surface area is 94.1 Å². The van der Waals surface area contributed by atoms with Crippen molar-refractivity contribution in [2.75, 3.05) is 0 Å². The molecule has 90 valence electrons. The molecule has 1 N–H and O–H groups in total. The minimum absolute atomic E-state index is 0.0425. The van der Waals surface area contributed by atoms with Gasteiger partial charge < -0.3 is 9.84 Å². The highest BCUT2D eigenvalue weighted by atomic mass is 16.5. The maximum atomic E-state index is 11.2. The predicted octanol–water partition coefficient (Wildman–Crippen LogP) is 1.67. The third-order valence-corrected chi connectivity index (χ3v) is 1.98. The summed E-state index contributed by atoms with van der Waals surface area (Å²) in [5, 5.41) is 8.75. The van der Waals surface area contributed by atoms with E-state index in [1.807, 2.05) is 6.92 Å². The van der Waals surface area contributed by atoms with Gasteiger partial charge in [-0.2, -0.15) is 0 Å². The van der Waals surface area contributed by atoms with E-state index in [0.717, 1.165) is 0 Å². The molecule has 0 aromatic heterocycles. The molecule has 0 radical (unpaired) electrons. The van der Waals surface area contributed by atoms with Gasteiger partial charge in [0.1, 0.15) is 5.76 Å². The van der Waals surface area contributed by atoms with E-state index in [1.54, 1.807) is 0 Å². The van der Waals surface area contributed by atoms with Crippen molar-refractivity contribution in [3.05, 3.63) is 11.3 Å². The van der Waals surface area contributed by atoms with Crippen LogP contribution in [-0.2, 0) is 19.1 Å². The maximum absolute atomic E-state index is 11.2. The Morgan fingerprint density at radius 1 is 1.19 bits per heavy atom. The van der Waals surface area contributed by atoms with Crippen molar-refractivity contribution in [1.29, 1.82) is 0 Å². The van der Waals surface area contributed by atoms with E-state index < -0.39 is 17.7 Å². The number of esters is 1. The number of hydrogen-bond acceptors (Lipinski definition) is 4. The number of ether oxygens (including phenoxy) is 1. The molecule has 0 aliphatic carbocycles. The Balaban J connectivity index is 4.83. The van der Waals surface area contributed by atoms with Crippen LogP contribution in [0.2, 0.25) is 0 Å². The van der Waals surface area contributed by atoms with E-state index in [4.69, 9.17) is 9.84 Å². The second-order valence-electron chi connectivity index (χ2n) is 3.27.